The van der Waals surface area contributed by atoms with Crippen molar-refractivity contribution >= 4 is 39.1 Å². The third-order valence-corrected chi connectivity index (χ3v) is 7.48. The van der Waals surface area contributed by atoms with Crippen LogP contribution in [-0.2, 0) is 10.0 Å². The van der Waals surface area contributed by atoms with E-state index in [1.807, 2.05) is 13.0 Å². The Balaban J connectivity index is 1.63. The molecule has 10 heteroatoms. The molecule has 174 valence electrons. The predicted octanol–water partition coefficient (Wildman–Crippen LogP) is 4.68. The zero-order valence-electron chi connectivity index (χ0n) is 17.8. The molecule has 1 aliphatic rings. The molecular formula is C22H27F2N3O3S2. The summed E-state index contributed by atoms with van der Waals surface area (Å²) in [6.07, 6.45) is 1.69. The Morgan fingerprint density at radius 1 is 1.12 bits per heavy atom. The van der Waals surface area contributed by atoms with Crippen molar-refractivity contribution in [2.45, 2.75) is 42.9 Å². The molecular weight excluding hydrogens is 456 g/mol. The number of piperidine rings is 1. The maximum Gasteiger partial charge on any atom is 0.288 e. The minimum atomic E-state index is -3.28. The lowest BCUT2D eigenvalue weighted by atomic mass is 10.0. The Hall–Kier alpha value is -2.17. The summed E-state index contributed by atoms with van der Waals surface area (Å²) < 4.78 is 51.7. The van der Waals surface area contributed by atoms with Gasteiger partial charge < -0.3 is 10.2 Å². The number of carbonyl (C=O) groups is 1. The molecule has 2 N–H and O–H groups in total. The second-order valence-corrected chi connectivity index (χ2v) is 10.5. The summed E-state index contributed by atoms with van der Waals surface area (Å²) in [7, 11) is -3.28. The molecule has 1 saturated heterocycles. The number of halogens is 2. The van der Waals surface area contributed by atoms with Gasteiger partial charge in [-0.05, 0) is 55.7 Å². The average Bonchev–Trinajstić information content (AvgIpc) is 2.75. The Labute approximate surface area is 191 Å². The van der Waals surface area contributed by atoms with E-state index in [2.05, 4.69) is 10.0 Å². The Morgan fingerprint density at radius 3 is 2.41 bits per heavy atom. The molecule has 0 bridgehead atoms. The summed E-state index contributed by atoms with van der Waals surface area (Å²) in [5, 5.41) is 3.19. The standard InChI is InChI=1S/C22H27F2N3O3S2/c1-2-15-32(29,30)26-17-11-13-27(14-12-17)21(28)19-5-3-4-6-20(19)25-16-7-9-18(10-8-16)31-22(23)24/h3-10,17,22,25-26H,2,11-15H2,1H3. The first-order valence-corrected chi connectivity index (χ1v) is 13.0. The van der Waals surface area contributed by atoms with Crippen LogP contribution in [0.3, 0.4) is 0 Å². The summed E-state index contributed by atoms with van der Waals surface area (Å²) in [6, 6.07) is 13.6. The normalized spacial score (nSPS) is 15.2. The van der Waals surface area contributed by atoms with Crippen molar-refractivity contribution in [1.82, 2.24) is 9.62 Å². The lowest BCUT2D eigenvalue weighted by Crippen LogP contribution is -2.47. The zero-order chi connectivity index (χ0) is 23.1. The molecule has 0 radical (unpaired) electrons. The second kappa shape index (κ2) is 11.1. The van der Waals surface area contributed by atoms with Gasteiger partial charge in [0.1, 0.15) is 0 Å². The molecule has 0 spiro atoms. The van der Waals surface area contributed by atoms with E-state index in [1.54, 1.807) is 47.4 Å². The van der Waals surface area contributed by atoms with E-state index in [0.29, 0.717) is 65.9 Å². The minimum Gasteiger partial charge on any atom is -0.355 e. The van der Waals surface area contributed by atoms with Crippen molar-refractivity contribution in [3.63, 3.8) is 0 Å². The van der Waals surface area contributed by atoms with Crippen molar-refractivity contribution in [1.29, 1.82) is 0 Å². The van der Waals surface area contributed by atoms with Gasteiger partial charge in [-0.1, -0.05) is 30.8 Å². The molecule has 2 aromatic rings. The van der Waals surface area contributed by atoms with Gasteiger partial charge in [0.2, 0.25) is 10.0 Å². The topological polar surface area (TPSA) is 78.5 Å². The van der Waals surface area contributed by atoms with Crippen molar-refractivity contribution in [3.8, 4) is 0 Å². The highest BCUT2D eigenvalue weighted by Gasteiger charge is 2.27. The number of alkyl halides is 2. The monoisotopic (exact) mass is 483 g/mol. The maximum absolute atomic E-state index is 13.1. The molecule has 2 aromatic carbocycles. The molecule has 32 heavy (non-hydrogen) atoms. The van der Waals surface area contributed by atoms with Crippen molar-refractivity contribution in [3.05, 3.63) is 54.1 Å². The SMILES string of the molecule is CCCS(=O)(=O)NC1CCN(C(=O)c2ccccc2Nc2ccc(SC(F)F)cc2)CC1. The van der Waals surface area contributed by atoms with Crippen LogP contribution in [0, 0.1) is 0 Å². The molecule has 0 atom stereocenters. The molecule has 0 saturated carbocycles. The first-order chi connectivity index (χ1) is 15.3. The predicted molar refractivity (Wildman–Crippen MR) is 124 cm³/mol. The van der Waals surface area contributed by atoms with Crippen LogP contribution in [-0.4, -0.2) is 49.9 Å². The van der Waals surface area contributed by atoms with Gasteiger partial charge in [0.15, 0.2) is 0 Å². The number of nitrogens with one attached hydrogen (secondary N) is 2. The van der Waals surface area contributed by atoms with E-state index in [9.17, 15) is 22.0 Å². The van der Waals surface area contributed by atoms with Crippen molar-refractivity contribution in [2.24, 2.45) is 0 Å². The highest BCUT2D eigenvalue weighted by atomic mass is 32.2. The highest BCUT2D eigenvalue weighted by Crippen LogP contribution is 2.28. The number of benzene rings is 2. The van der Waals surface area contributed by atoms with Crippen molar-refractivity contribution in [2.75, 3.05) is 24.2 Å². The maximum atomic E-state index is 13.1. The van der Waals surface area contributed by atoms with Crippen LogP contribution in [0.15, 0.2) is 53.4 Å². The Bertz CT molecular complexity index is 1010. The van der Waals surface area contributed by atoms with Gasteiger partial charge in [0.05, 0.1) is 17.0 Å². The van der Waals surface area contributed by atoms with Crippen LogP contribution in [0.2, 0.25) is 0 Å². The van der Waals surface area contributed by atoms with Crippen LogP contribution in [0.25, 0.3) is 0 Å². The highest BCUT2D eigenvalue weighted by molar-refractivity contribution is 7.99. The van der Waals surface area contributed by atoms with E-state index < -0.39 is 15.8 Å². The van der Waals surface area contributed by atoms with E-state index >= 15 is 0 Å². The van der Waals surface area contributed by atoms with Crippen LogP contribution in [0.5, 0.6) is 0 Å². The number of likely N-dealkylation sites (tertiary alicyclic amines) is 1. The third kappa shape index (κ3) is 6.91. The summed E-state index contributed by atoms with van der Waals surface area (Å²) in [5.74, 6) is -2.50. The lowest BCUT2D eigenvalue weighted by Gasteiger charge is -2.32. The number of hydrogen-bond acceptors (Lipinski definition) is 5. The summed E-state index contributed by atoms with van der Waals surface area (Å²) >= 11 is 0.482. The number of thioether (sulfide) groups is 1. The molecule has 1 heterocycles. The van der Waals surface area contributed by atoms with E-state index in [0.717, 1.165) is 0 Å². The van der Waals surface area contributed by atoms with Gasteiger partial charge in [0, 0.05) is 29.7 Å². The van der Waals surface area contributed by atoms with Gasteiger partial charge in [-0.2, -0.15) is 8.78 Å². The molecule has 0 unspecified atom stereocenters. The number of sulfonamides is 1. The number of carbonyl (C=O) groups excluding carboxylic acids is 1. The zero-order valence-corrected chi connectivity index (χ0v) is 19.4. The molecule has 0 aliphatic carbocycles. The molecule has 1 amide bonds. The lowest BCUT2D eigenvalue weighted by molar-refractivity contribution is 0.0712. The summed E-state index contributed by atoms with van der Waals surface area (Å²) in [5.41, 5.74) is 1.81. The number of para-hydroxylation sites is 1. The first-order valence-electron chi connectivity index (χ1n) is 10.5. The van der Waals surface area contributed by atoms with Crippen LogP contribution >= 0.6 is 11.8 Å². The van der Waals surface area contributed by atoms with E-state index in [1.165, 1.54) is 0 Å². The Kier molecular flexibility index (Phi) is 8.50. The number of nitrogens with zero attached hydrogens (tertiary/aromatic N) is 1. The molecule has 1 fully saturated rings. The quantitative estimate of drug-likeness (QED) is 0.507. The fourth-order valence-corrected chi connectivity index (χ4v) is 5.50. The van der Waals surface area contributed by atoms with Gasteiger partial charge in [-0.25, -0.2) is 13.1 Å². The second-order valence-electron chi connectivity index (χ2n) is 7.58. The fraction of sp³-hybridized carbons (Fsp3) is 0.409. The van der Waals surface area contributed by atoms with Crippen molar-refractivity contribution < 1.29 is 22.0 Å². The van der Waals surface area contributed by atoms with E-state index in [-0.39, 0.29) is 17.7 Å². The third-order valence-electron chi connectivity index (χ3n) is 5.12. The van der Waals surface area contributed by atoms with Crippen LogP contribution < -0.4 is 10.0 Å². The van der Waals surface area contributed by atoms with Crippen LogP contribution in [0.4, 0.5) is 20.2 Å². The number of hydrogen-bond donors (Lipinski definition) is 2. The van der Waals surface area contributed by atoms with E-state index in [4.69, 9.17) is 0 Å². The molecule has 0 aromatic heterocycles. The number of rotatable bonds is 9. The van der Waals surface area contributed by atoms with Gasteiger partial charge >= 0.3 is 0 Å². The summed E-state index contributed by atoms with van der Waals surface area (Å²) in [6.45, 7) is 2.75. The van der Waals surface area contributed by atoms with Crippen LogP contribution in [0.1, 0.15) is 36.5 Å². The summed E-state index contributed by atoms with van der Waals surface area (Å²) in [4.78, 5) is 15.3. The average molecular weight is 484 g/mol. The molecule has 1 aliphatic heterocycles. The first kappa shape index (κ1) is 24.5. The fourth-order valence-electron chi connectivity index (χ4n) is 3.61. The Morgan fingerprint density at radius 2 is 1.78 bits per heavy atom. The smallest absolute Gasteiger partial charge is 0.288 e. The van der Waals surface area contributed by atoms with Gasteiger partial charge in [-0.3, -0.25) is 4.79 Å². The largest absolute Gasteiger partial charge is 0.355 e. The minimum absolute atomic E-state index is 0.104. The molecule has 3 rings (SSSR count). The number of anilines is 2. The number of amides is 1. The van der Waals surface area contributed by atoms with Gasteiger partial charge in [0.25, 0.3) is 11.7 Å². The van der Waals surface area contributed by atoms with Gasteiger partial charge in [-0.15, -0.1) is 0 Å². The molecule has 6 nitrogen and oxygen atoms in total.